The summed E-state index contributed by atoms with van der Waals surface area (Å²) in [7, 11) is 0. The summed E-state index contributed by atoms with van der Waals surface area (Å²) in [4.78, 5) is 16.6. The highest BCUT2D eigenvalue weighted by atomic mass is 16.2. The molecule has 1 aromatic carbocycles. The molecule has 4 heteroatoms. The predicted octanol–water partition coefficient (Wildman–Crippen LogP) is 2.49. The number of benzene rings is 1. The molecule has 0 atom stereocenters. The molecule has 1 N–H and O–H groups in total. The van der Waals surface area contributed by atoms with Crippen LogP contribution in [0.1, 0.15) is 25.3 Å². The molecule has 3 rings (SSSR count). The minimum atomic E-state index is 0.0466. The van der Waals surface area contributed by atoms with E-state index in [0.717, 1.165) is 37.7 Å². The second-order valence-corrected chi connectivity index (χ2v) is 6.29. The first-order valence-corrected chi connectivity index (χ1v) is 8.09. The number of urea groups is 1. The first kappa shape index (κ1) is 14.4. The fourth-order valence-electron chi connectivity index (χ4n) is 3.25. The number of hydrogen-bond acceptors (Lipinski definition) is 2. The lowest BCUT2D eigenvalue weighted by molar-refractivity contribution is 0.192. The number of nitrogens with one attached hydrogen (secondary N) is 1. The average molecular weight is 287 g/mol. The summed E-state index contributed by atoms with van der Waals surface area (Å²) in [5.41, 5.74) is 2.35. The number of amides is 2. The van der Waals surface area contributed by atoms with E-state index in [9.17, 15) is 4.79 Å². The van der Waals surface area contributed by atoms with Crippen molar-refractivity contribution >= 4 is 11.7 Å². The van der Waals surface area contributed by atoms with Gasteiger partial charge in [-0.2, -0.15) is 0 Å². The van der Waals surface area contributed by atoms with Gasteiger partial charge in [0.1, 0.15) is 0 Å². The maximum Gasteiger partial charge on any atom is 0.321 e. The van der Waals surface area contributed by atoms with Crippen LogP contribution >= 0.6 is 0 Å². The molecular formula is C17H25N3O. The number of carbonyl (C=O) groups is 1. The largest absolute Gasteiger partial charge is 0.336 e. The molecule has 2 aliphatic heterocycles. The molecule has 1 aromatic rings. The summed E-state index contributed by atoms with van der Waals surface area (Å²) < 4.78 is 0. The maximum atomic E-state index is 12.3. The zero-order valence-corrected chi connectivity index (χ0v) is 12.8. The molecule has 2 aliphatic rings. The van der Waals surface area contributed by atoms with Gasteiger partial charge in [-0.15, -0.1) is 0 Å². The van der Waals surface area contributed by atoms with Crippen LogP contribution in [0.2, 0.25) is 0 Å². The fourth-order valence-corrected chi connectivity index (χ4v) is 3.25. The summed E-state index contributed by atoms with van der Waals surface area (Å²) >= 11 is 0. The normalized spacial score (nSPS) is 19.6. The summed E-state index contributed by atoms with van der Waals surface area (Å²) in [6.07, 6.45) is 3.54. The third-order valence-electron chi connectivity index (χ3n) is 4.71. The van der Waals surface area contributed by atoms with E-state index in [1.54, 1.807) is 0 Å². The zero-order valence-electron chi connectivity index (χ0n) is 12.8. The second-order valence-electron chi connectivity index (χ2n) is 6.29. The van der Waals surface area contributed by atoms with Crippen molar-refractivity contribution in [3.63, 3.8) is 0 Å². The minimum absolute atomic E-state index is 0.0466. The van der Waals surface area contributed by atoms with Crippen LogP contribution in [-0.4, -0.2) is 43.7 Å². The molecule has 0 radical (unpaired) electrons. The first-order chi connectivity index (χ1) is 10.2. The summed E-state index contributed by atoms with van der Waals surface area (Å²) in [5.74, 6) is 0.858. The molecule has 2 heterocycles. The summed E-state index contributed by atoms with van der Waals surface area (Å²) in [6, 6.07) is 8.23. The van der Waals surface area contributed by atoms with Crippen molar-refractivity contribution in [3.8, 4) is 0 Å². The molecule has 1 saturated heterocycles. The molecule has 21 heavy (non-hydrogen) atoms. The molecule has 0 unspecified atom stereocenters. The highest BCUT2D eigenvalue weighted by Gasteiger charge is 2.24. The van der Waals surface area contributed by atoms with Crippen LogP contribution in [-0.2, 0) is 6.42 Å². The quantitative estimate of drug-likeness (QED) is 0.927. The van der Waals surface area contributed by atoms with Crippen molar-refractivity contribution in [2.45, 2.75) is 26.2 Å². The Morgan fingerprint density at radius 2 is 2.00 bits per heavy atom. The third-order valence-corrected chi connectivity index (χ3v) is 4.71. The minimum Gasteiger partial charge on any atom is -0.336 e. The Kier molecular flexibility index (Phi) is 4.44. The van der Waals surface area contributed by atoms with Gasteiger partial charge in [-0.1, -0.05) is 25.1 Å². The van der Waals surface area contributed by atoms with E-state index in [4.69, 9.17) is 0 Å². The molecule has 0 aromatic heterocycles. The number of hydrogen-bond donors (Lipinski definition) is 1. The Morgan fingerprint density at radius 1 is 1.24 bits per heavy atom. The molecule has 0 saturated carbocycles. The van der Waals surface area contributed by atoms with E-state index >= 15 is 0 Å². The molecule has 0 spiro atoms. The van der Waals surface area contributed by atoms with Crippen LogP contribution in [0.25, 0.3) is 0 Å². The van der Waals surface area contributed by atoms with E-state index < -0.39 is 0 Å². The Morgan fingerprint density at radius 3 is 2.81 bits per heavy atom. The number of fused-ring (bicyclic) bond motifs is 1. The lowest BCUT2D eigenvalue weighted by Gasteiger charge is -2.30. The number of nitrogens with zero attached hydrogens (tertiary/aromatic N) is 2. The second kappa shape index (κ2) is 6.48. The standard InChI is InChI=1S/C17H25N3O/c1-14-6-10-19(11-7-14)13-9-18-17(21)20-12-8-15-4-2-3-5-16(15)20/h2-5,14H,6-13H2,1H3,(H,18,21). The van der Waals surface area contributed by atoms with E-state index in [1.165, 1.54) is 31.5 Å². The Bertz CT molecular complexity index is 495. The van der Waals surface area contributed by atoms with E-state index in [-0.39, 0.29) is 6.03 Å². The summed E-state index contributed by atoms with van der Waals surface area (Å²) in [5, 5.41) is 3.07. The monoisotopic (exact) mass is 287 g/mol. The maximum absolute atomic E-state index is 12.3. The van der Waals surface area contributed by atoms with Crippen LogP contribution in [0.5, 0.6) is 0 Å². The SMILES string of the molecule is CC1CCN(CCNC(=O)N2CCc3ccccc32)CC1. The first-order valence-electron chi connectivity index (χ1n) is 8.09. The predicted molar refractivity (Wildman–Crippen MR) is 85.7 cm³/mol. The average Bonchev–Trinajstić information content (AvgIpc) is 2.93. The summed E-state index contributed by atoms with van der Waals surface area (Å²) in [6.45, 7) is 7.17. The Balaban J connectivity index is 1.45. The van der Waals surface area contributed by atoms with Crippen molar-refractivity contribution in [2.24, 2.45) is 5.92 Å². The molecular weight excluding hydrogens is 262 g/mol. The molecule has 0 bridgehead atoms. The van der Waals surface area contributed by atoms with Crippen LogP contribution in [0, 0.1) is 5.92 Å². The number of piperidine rings is 1. The van der Waals surface area contributed by atoms with E-state index in [2.05, 4.69) is 23.2 Å². The topological polar surface area (TPSA) is 35.6 Å². The van der Waals surface area contributed by atoms with Crippen molar-refractivity contribution in [2.75, 3.05) is 37.6 Å². The van der Waals surface area contributed by atoms with Crippen LogP contribution in [0.3, 0.4) is 0 Å². The van der Waals surface area contributed by atoms with Crippen LogP contribution in [0.4, 0.5) is 10.5 Å². The van der Waals surface area contributed by atoms with Gasteiger partial charge in [-0.25, -0.2) is 4.79 Å². The van der Waals surface area contributed by atoms with Gasteiger partial charge >= 0.3 is 6.03 Å². The molecule has 114 valence electrons. The van der Waals surface area contributed by atoms with Crippen molar-refractivity contribution in [3.05, 3.63) is 29.8 Å². The van der Waals surface area contributed by atoms with Gasteiger partial charge in [-0.3, -0.25) is 4.90 Å². The van der Waals surface area contributed by atoms with E-state index in [0.29, 0.717) is 0 Å². The fraction of sp³-hybridized carbons (Fsp3) is 0.588. The lowest BCUT2D eigenvalue weighted by Crippen LogP contribution is -2.44. The van der Waals surface area contributed by atoms with Crippen LogP contribution < -0.4 is 10.2 Å². The molecule has 2 amide bonds. The highest BCUT2D eigenvalue weighted by molar-refractivity contribution is 5.94. The number of rotatable bonds is 3. The zero-order chi connectivity index (χ0) is 14.7. The van der Waals surface area contributed by atoms with Crippen molar-refractivity contribution in [1.29, 1.82) is 0 Å². The van der Waals surface area contributed by atoms with Crippen molar-refractivity contribution < 1.29 is 4.79 Å². The number of carbonyl (C=O) groups excluding carboxylic acids is 1. The molecule has 4 nitrogen and oxygen atoms in total. The molecule has 0 aliphatic carbocycles. The van der Waals surface area contributed by atoms with Gasteiger partial charge < -0.3 is 10.2 Å². The van der Waals surface area contributed by atoms with Crippen LogP contribution in [0.15, 0.2) is 24.3 Å². The van der Waals surface area contributed by atoms with Gasteiger partial charge in [0.15, 0.2) is 0 Å². The van der Waals surface area contributed by atoms with Crippen molar-refractivity contribution in [1.82, 2.24) is 10.2 Å². The number of likely N-dealkylation sites (tertiary alicyclic amines) is 1. The highest BCUT2D eigenvalue weighted by Crippen LogP contribution is 2.27. The van der Waals surface area contributed by atoms with E-state index in [1.807, 2.05) is 23.1 Å². The van der Waals surface area contributed by atoms with Gasteiger partial charge in [0.25, 0.3) is 0 Å². The third kappa shape index (κ3) is 3.38. The van der Waals surface area contributed by atoms with Gasteiger partial charge in [0, 0.05) is 25.3 Å². The molecule has 1 fully saturated rings. The van der Waals surface area contributed by atoms with Gasteiger partial charge in [0.2, 0.25) is 0 Å². The number of para-hydroxylation sites is 1. The lowest BCUT2D eigenvalue weighted by atomic mass is 9.99. The van der Waals surface area contributed by atoms with Gasteiger partial charge in [0.05, 0.1) is 0 Å². The smallest absolute Gasteiger partial charge is 0.321 e. The Labute approximate surface area is 127 Å². The number of anilines is 1. The van der Waals surface area contributed by atoms with Gasteiger partial charge in [-0.05, 0) is 49.9 Å². The Hall–Kier alpha value is -1.55.